The van der Waals surface area contributed by atoms with Crippen molar-refractivity contribution in [3.8, 4) is 0 Å². The van der Waals surface area contributed by atoms with Crippen LogP contribution in [0.3, 0.4) is 0 Å². The SMILES string of the molecule is CCCCCCCCN(C(=O)[C@@H](N)CO)[C@@H](Cc1ccccc1)C(=O)N[C@@H](CC(C)C)C(=O)NCC(N)=O. The van der Waals surface area contributed by atoms with Gasteiger partial charge in [-0.15, -0.1) is 0 Å². The maximum absolute atomic E-state index is 13.7. The fourth-order valence-electron chi connectivity index (χ4n) is 4.22. The van der Waals surface area contributed by atoms with Crippen LogP contribution in [0.15, 0.2) is 30.3 Å². The van der Waals surface area contributed by atoms with E-state index in [1.165, 1.54) is 4.90 Å². The van der Waals surface area contributed by atoms with Gasteiger partial charge in [-0.2, -0.15) is 0 Å². The molecule has 1 aromatic rings. The van der Waals surface area contributed by atoms with E-state index in [2.05, 4.69) is 17.6 Å². The molecule has 0 unspecified atom stereocenters. The Morgan fingerprint density at radius 2 is 1.61 bits per heavy atom. The number of hydrogen-bond donors (Lipinski definition) is 5. The third-order valence-electron chi connectivity index (χ3n) is 6.28. The van der Waals surface area contributed by atoms with E-state index in [1.807, 2.05) is 44.2 Å². The van der Waals surface area contributed by atoms with Crippen LogP contribution in [0, 0.1) is 5.92 Å². The Bertz CT molecular complexity index is 864. The number of nitrogens with one attached hydrogen (secondary N) is 2. The van der Waals surface area contributed by atoms with Gasteiger partial charge in [0.15, 0.2) is 0 Å². The molecule has 3 atom stereocenters. The zero-order chi connectivity index (χ0) is 28.5. The van der Waals surface area contributed by atoms with Crippen LogP contribution in [0.1, 0.15) is 71.3 Å². The zero-order valence-electron chi connectivity index (χ0n) is 23.2. The highest BCUT2D eigenvalue weighted by Gasteiger charge is 2.34. The summed E-state index contributed by atoms with van der Waals surface area (Å²) in [6.45, 7) is 5.38. The molecule has 0 aliphatic rings. The van der Waals surface area contributed by atoms with Crippen LogP contribution in [0.4, 0.5) is 0 Å². The number of aliphatic hydroxyl groups excluding tert-OH is 1. The summed E-state index contributed by atoms with van der Waals surface area (Å²) >= 11 is 0. The summed E-state index contributed by atoms with van der Waals surface area (Å²) in [5.74, 6) is -2.17. The lowest BCUT2D eigenvalue weighted by atomic mass is 9.99. The zero-order valence-corrected chi connectivity index (χ0v) is 23.2. The van der Waals surface area contributed by atoms with Crippen molar-refractivity contribution in [1.29, 1.82) is 0 Å². The largest absolute Gasteiger partial charge is 0.394 e. The molecule has 0 aliphatic heterocycles. The summed E-state index contributed by atoms with van der Waals surface area (Å²) in [5, 5.41) is 14.9. The normalized spacial score (nSPS) is 13.4. The van der Waals surface area contributed by atoms with Crippen molar-refractivity contribution < 1.29 is 24.3 Å². The van der Waals surface area contributed by atoms with Gasteiger partial charge in [0.2, 0.25) is 23.6 Å². The Morgan fingerprint density at radius 3 is 2.18 bits per heavy atom. The van der Waals surface area contributed by atoms with Crippen LogP contribution in [-0.2, 0) is 25.6 Å². The van der Waals surface area contributed by atoms with E-state index < -0.39 is 48.4 Å². The van der Waals surface area contributed by atoms with Crippen molar-refractivity contribution in [3.63, 3.8) is 0 Å². The molecule has 1 aromatic carbocycles. The molecular formula is C28H47N5O5. The molecule has 10 heteroatoms. The molecule has 1 rings (SSSR count). The van der Waals surface area contributed by atoms with E-state index in [9.17, 15) is 24.3 Å². The van der Waals surface area contributed by atoms with E-state index in [4.69, 9.17) is 11.5 Å². The number of carbonyl (C=O) groups excluding carboxylic acids is 4. The highest BCUT2D eigenvalue weighted by molar-refractivity contribution is 5.94. The molecule has 10 nitrogen and oxygen atoms in total. The fourth-order valence-corrected chi connectivity index (χ4v) is 4.22. The monoisotopic (exact) mass is 533 g/mol. The second kappa shape index (κ2) is 18.3. The second-order valence-electron chi connectivity index (χ2n) is 10.2. The number of rotatable bonds is 19. The van der Waals surface area contributed by atoms with Gasteiger partial charge in [-0.3, -0.25) is 19.2 Å². The number of benzene rings is 1. The summed E-state index contributed by atoms with van der Waals surface area (Å²) in [7, 11) is 0. The molecule has 0 heterocycles. The minimum atomic E-state index is -1.16. The molecular weight excluding hydrogens is 486 g/mol. The first-order chi connectivity index (χ1) is 18.1. The second-order valence-corrected chi connectivity index (χ2v) is 10.2. The number of amides is 4. The molecule has 0 saturated heterocycles. The Balaban J connectivity index is 3.24. The van der Waals surface area contributed by atoms with Crippen LogP contribution in [-0.4, -0.2) is 71.5 Å². The van der Waals surface area contributed by atoms with Gasteiger partial charge < -0.3 is 32.1 Å². The van der Waals surface area contributed by atoms with Crippen molar-refractivity contribution in [1.82, 2.24) is 15.5 Å². The molecule has 0 radical (unpaired) electrons. The summed E-state index contributed by atoms with van der Waals surface area (Å²) in [6.07, 6.45) is 6.51. The van der Waals surface area contributed by atoms with Gasteiger partial charge >= 0.3 is 0 Å². The predicted molar refractivity (Wildman–Crippen MR) is 148 cm³/mol. The van der Waals surface area contributed by atoms with Gasteiger partial charge in [-0.05, 0) is 24.3 Å². The van der Waals surface area contributed by atoms with E-state index in [0.717, 1.165) is 37.7 Å². The molecule has 0 aliphatic carbocycles. The molecule has 4 amide bonds. The van der Waals surface area contributed by atoms with Gasteiger partial charge in [0.25, 0.3) is 0 Å². The van der Waals surface area contributed by atoms with Crippen molar-refractivity contribution in [2.24, 2.45) is 17.4 Å². The number of carbonyl (C=O) groups is 4. The number of hydrogen-bond acceptors (Lipinski definition) is 6. The first-order valence-corrected chi connectivity index (χ1v) is 13.7. The van der Waals surface area contributed by atoms with Crippen LogP contribution in [0.5, 0.6) is 0 Å². The molecule has 214 valence electrons. The lowest BCUT2D eigenvalue weighted by Gasteiger charge is -2.34. The highest BCUT2D eigenvalue weighted by Crippen LogP contribution is 2.15. The molecule has 7 N–H and O–H groups in total. The highest BCUT2D eigenvalue weighted by atomic mass is 16.3. The van der Waals surface area contributed by atoms with Gasteiger partial charge in [0, 0.05) is 13.0 Å². The van der Waals surface area contributed by atoms with Crippen LogP contribution in [0.2, 0.25) is 0 Å². The number of unbranched alkanes of at least 4 members (excludes halogenated alkanes) is 5. The Labute approximate surface area is 226 Å². The summed E-state index contributed by atoms with van der Waals surface area (Å²) in [6, 6.07) is 6.27. The molecule has 0 saturated carbocycles. The minimum absolute atomic E-state index is 0.0656. The topological polar surface area (TPSA) is 168 Å². The smallest absolute Gasteiger partial charge is 0.243 e. The van der Waals surface area contributed by atoms with Crippen molar-refractivity contribution in [2.45, 2.75) is 90.3 Å². The summed E-state index contributed by atoms with van der Waals surface area (Å²) in [4.78, 5) is 52.4. The molecule has 0 aromatic heterocycles. The van der Waals surface area contributed by atoms with Crippen molar-refractivity contribution in [2.75, 3.05) is 19.7 Å². The summed E-state index contributed by atoms with van der Waals surface area (Å²) < 4.78 is 0. The quantitative estimate of drug-likeness (QED) is 0.168. The van der Waals surface area contributed by atoms with Crippen molar-refractivity contribution in [3.05, 3.63) is 35.9 Å². The van der Waals surface area contributed by atoms with Gasteiger partial charge in [0.05, 0.1) is 13.2 Å². The molecule has 0 fully saturated rings. The maximum atomic E-state index is 13.7. The van der Waals surface area contributed by atoms with Crippen LogP contribution in [0.25, 0.3) is 0 Å². The van der Waals surface area contributed by atoms with E-state index in [0.29, 0.717) is 19.4 Å². The lowest BCUT2D eigenvalue weighted by molar-refractivity contribution is -0.143. The predicted octanol–water partition coefficient (Wildman–Crippen LogP) is 1.24. The summed E-state index contributed by atoms with van der Waals surface area (Å²) in [5.41, 5.74) is 11.9. The average Bonchev–Trinajstić information content (AvgIpc) is 2.89. The van der Waals surface area contributed by atoms with Crippen LogP contribution < -0.4 is 22.1 Å². The molecule has 0 bridgehead atoms. The number of nitrogens with zero attached hydrogens (tertiary/aromatic N) is 1. The standard InChI is InChI=1S/C28H47N5O5/c1-4-5-6-7-8-12-15-33(28(38)22(29)19-34)24(17-21-13-10-9-11-14-21)27(37)32-23(16-20(2)3)26(36)31-18-25(30)35/h9-11,13-14,20,22-24,34H,4-8,12,15-19,29H2,1-3H3,(H2,30,35)(H,31,36)(H,32,37)/t22-,23-,24-/m0/s1. The lowest BCUT2D eigenvalue weighted by Crippen LogP contribution is -2.59. The molecule has 38 heavy (non-hydrogen) atoms. The first kappa shape index (κ1) is 33.0. The Kier molecular flexibility index (Phi) is 15.9. The number of aliphatic hydroxyl groups is 1. The third-order valence-corrected chi connectivity index (χ3v) is 6.28. The first-order valence-electron chi connectivity index (χ1n) is 13.7. The third kappa shape index (κ3) is 12.5. The van der Waals surface area contributed by atoms with E-state index in [-0.39, 0.29) is 18.9 Å². The molecule has 0 spiro atoms. The van der Waals surface area contributed by atoms with Gasteiger partial charge in [-0.25, -0.2) is 0 Å². The Morgan fingerprint density at radius 1 is 0.974 bits per heavy atom. The fraction of sp³-hybridized carbons (Fsp3) is 0.643. The van der Waals surface area contributed by atoms with Gasteiger partial charge in [-0.1, -0.05) is 83.2 Å². The minimum Gasteiger partial charge on any atom is -0.394 e. The number of primary amides is 1. The van der Waals surface area contributed by atoms with Gasteiger partial charge in [0.1, 0.15) is 18.1 Å². The van der Waals surface area contributed by atoms with E-state index >= 15 is 0 Å². The van der Waals surface area contributed by atoms with Crippen molar-refractivity contribution >= 4 is 23.6 Å². The Hall–Kier alpha value is -2.98. The average molecular weight is 534 g/mol. The number of nitrogens with two attached hydrogens (primary N) is 2. The van der Waals surface area contributed by atoms with E-state index in [1.54, 1.807) is 0 Å². The maximum Gasteiger partial charge on any atom is 0.243 e. The van der Waals surface area contributed by atoms with Crippen LogP contribution >= 0.6 is 0 Å².